The minimum Gasteiger partial charge on any atom is -0.390 e. The average molecular weight is 718 g/mol. The van der Waals surface area contributed by atoms with Crippen molar-refractivity contribution < 1.29 is 37.6 Å². The van der Waals surface area contributed by atoms with Crippen molar-refractivity contribution in [2.45, 2.75) is 87.8 Å². The van der Waals surface area contributed by atoms with E-state index in [1.807, 2.05) is 48.5 Å². The van der Waals surface area contributed by atoms with E-state index in [9.17, 15) is 32.8 Å². The summed E-state index contributed by atoms with van der Waals surface area (Å²) >= 11 is 0. The summed E-state index contributed by atoms with van der Waals surface area (Å²) < 4.78 is 27.5. The minimum atomic E-state index is -3.90. The standard InChI is InChI=1S/C37H43N5O8S/c1-4-23-19-37(23,36(46)40-51(48,49)25-16-17-25)38-33(43)30-18-24(20-41(30)35(45)32(21(2)3)42(47)34(44)22-10-9-11-22)50-39-31-28-14-7-5-12-26(28)27-13-6-8-15-29(27)31/h4-8,12-15,21-25,30,32,47H,1,9-11,16-20H2,2-3H3,(H,38,43)(H,40,46)/t23-,24-,30+,32-,37+/m1/s1. The molecule has 7 rings (SSSR count). The van der Waals surface area contributed by atoms with Crippen molar-refractivity contribution >= 4 is 39.4 Å². The fourth-order valence-electron chi connectivity index (χ4n) is 7.43. The predicted molar refractivity (Wildman–Crippen MR) is 186 cm³/mol. The second-order valence-corrected chi connectivity index (χ2v) is 16.6. The molecule has 2 aromatic carbocycles. The van der Waals surface area contributed by atoms with E-state index in [0.717, 1.165) is 28.7 Å². The number of amides is 4. The quantitative estimate of drug-likeness (QED) is 0.146. The van der Waals surface area contributed by atoms with Crippen LogP contribution in [-0.2, 0) is 34.0 Å². The molecule has 0 unspecified atom stereocenters. The van der Waals surface area contributed by atoms with Gasteiger partial charge in [-0.2, -0.15) is 0 Å². The first-order valence-electron chi connectivity index (χ1n) is 17.6. The molecule has 51 heavy (non-hydrogen) atoms. The van der Waals surface area contributed by atoms with Crippen LogP contribution in [0.25, 0.3) is 11.1 Å². The maximum absolute atomic E-state index is 14.3. The van der Waals surface area contributed by atoms with Crippen molar-refractivity contribution in [2.24, 2.45) is 22.9 Å². The maximum atomic E-state index is 14.3. The number of carbonyl (C=O) groups is 4. The van der Waals surface area contributed by atoms with Crippen LogP contribution in [0, 0.1) is 17.8 Å². The fourth-order valence-corrected chi connectivity index (χ4v) is 8.79. The Morgan fingerprint density at radius 3 is 2.14 bits per heavy atom. The number of fused-ring (bicyclic) bond motifs is 3. The molecule has 0 aromatic heterocycles. The van der Waals surface area contributed by atoms with Gasteiger partial charge in [0.15, 0.2) is 0 Å². The van der Waals surface area contributed by atoms with E-state index in [2.05, 4.69) is 21.8 Å². The van der Waals surface area contributed by atoms with Gasteiger partial charge in [0.25, 0.3) is 5.91 Å². The molecule has 4 fully saturated rings. The van der Waals surface area contributed by atoms with Crippen LogP contribution >= 0.6 is 0 Å². The van der Waals surface area contributed by atoms with Crippen LogP contribution in [0.2, 0.25) is 0 Å². The molecule has 13 nitrogen and oxygen atoms in total. The van der Waals surface area contributed by atoms with E-state index in [4.69, 9.17) is 4.84 Å². The molecule has 3 saturated carbocycles. The van der Waals surface area contributed by atoms with Crippen LogP contribution in [-0.4, -0.2) is 88.4 Å². The number of carbonyl (C=O) groups excluding carboxylic acids is 4. The first-order valence-corrected chi connectivity index (χ1v) is 19.2. The summed E-state index contributed by atoms with van der Waals surface area (Å²) in [7, 11) is -3.90. The predicted octanol–water partition coefficient (Wildman–Crippen LogP) is 3.12. The number of nitrogens with one attached hydrogen (secondary N) is 2. The van der Waals surface area contributed by atoms with Gasteiger partial charge in [-0.25, -0.2) is 13.5 Å². The van der Waals surface area contributed by atoms with Crippen LogP contribution in [0.3, 0.4) is 0 Å². The molecule has 4 aliphatic carbocycles. The van der Waals surface area contributed by atoms with Gasteiger partial charge < -0.3 is 15.1 Å². The number of rotatable bonds is 12. The summed E-state index contributed by atoms with van der Waals surface area (Å²) in [6, 6.07) is 13.1. The van der Waals surface area contributed by atoms with Gasteiger partial charge in [-0.3, -0.25) is 29.1 Å². The normalized spacial score (nSPS) is 25.6. The lowest BCUT2D eigenvalue weighted by atomic mass is 9.84. The highest BCUT2D eigenvalue weighted by molar-refractivity contribution is 7.91. The second kappa shape index (κ2) is 13.2. The van der Waals surface area contributed by atoms with Gasteiger partial charge in [0.2, 0.25) is 27.7 Å². The molecule has 0 spiro atoms. The Morgan fingerprint density at radius 2 is 1.63 bits per heavy atom. The monoisotopic (exact) mass is 717 g/mol. The Balaban J connectivity index is 1.16. The number of oxime groups is 1. The second-order valence-electron chi connectivity index (χ2n) is 14.7. The van der Waals surface area contributed by atoms with Crippen molar-refractivity contribution in [3.63, 3.8) is 0 Å². The van der Waals surface area contributed by atoms with E-state index in [1.54, 1.807) is 13.8 Å². The fraction of sp³-hybridized carbons (Fsp3) is 0.486. The molecule has 1 aliphatic heterocycles. The topological polar surface area (TPSA) is 175 Å². The van der Waals surface area contributed by atoms with Crippen molar-refractivity contribution in [2.75, 3.05) is 6.54 Å². The molecule has 5 aliphatic rings. The third-order valence-corrected chi connectivity index (χ3v) is 12.7. The number of likely N-dealkylation sites (tertiary alicyclic amines) is 1. The van der Waals surface area contributed by atoms with Crippen LogP contribution in [0.15, 0.2) is 66.3 Å². The first kappa shape index (κ1) is 34.9. The summed E-state index contributed by atoms with van der Waals surface area (Å²) in [5.41, 5.74) is 2.81. The van der Waals surface area contributed by atoms with E-state index in [-0.39, 0.29) is 25.3 Å². The molecule has 14 heteroatoms. The third-order valence-electron chi connectivity index (χ3n) is 10.9. The lowest BCUT2D eigenvalue weighted by molar-refractivity contribution is -0.193. The van der Waals surface area contributed by atoms with Crippen molar-refractivity contribution in [3.8, 4) is 11.1 Å². The van der Waals surface area contributed by atoms with Crippen LogP contribution in [0.1, 0.15) is 69.9 Å². The zero-order valence-electron chi connectivity index (χ0n) is 28.7. The molecule has 2 aromatic rings. The minimum absolute atomic E-state index is 0.0126. The zero-order chi connectivity index (χ0) is 36.2. The Kier molecular flexibility index (Phi) is 9.03. The van der Waals surface area contributed by atoms with Crippen LogP contribution in [0.4, 0.5) is 0 Å². The summed E-state index contributed by atoms with van der Waals surface area (Å²) in [6.45, 7) is 7.08. The Labute approximate surface area is 297 Å². The van der Waals surface area contributed by atoms with Gasteiger partial charge in [0, 0.05) is 29.4 Å². The molecule has 0 bridgehead atoms. The zero-order valence-corrected chi connectivity index (χ0v) is 29.5. The van der Waals surface area contributed by atoms with Crippen molar-refractivity contribution in [1.29, 1.82) is 0 Å². The van der Waals surface area contributed by atoms with E-state index < -0.39 is 74.5 Å². The number of hydrogen-bond donors (Lipinski definition) is 3. The molecule has 3 N–H and O–H groups in total. The van der Waals surface area contributed by atoms with Gasteiger partial charge >= 0.3 is 0 Å². The number of nitrogens with zero attached hydrogens (tertiary/aromatic N) is 3. The highest BCUT2D eigenvalue weighted by Gasteiger charge is 2.62. The molecule has 4 amide bonds. The Morgan fingerprint density at radius 1 is 1.02 bits per heavy atom. The maximum Gasteiger partial charge on any atom is 0.259 e. The summed E-state index contributed by atoms with van der Waals surface area (Å²) in [6.07, 6.45) is 3.86. The lowest BCUT2D eigenvalue weighted by Crippen LogP contribution is -2.59. The number of hydrogen-bond acceptors (Lipinski definition) is 9. The molecule has 1 saturated heterocycles. The van der Waals surface area contributed by atoms with Gasteiger partial charge in [-0.05, 0) is 49.1 Å². The molecular weight excluding hydrogens is 675 g/mol. The van der Waals surface area contributed by atoms with E-state index in [0.29, 0.717) is 36.5 Å². The molecule has 0 radical (unpaired) electrons. The highest BCUT2D eigenvalue weighted by atomic mass is 32.2. The van der Waals surface area contributed by atoms with Crippen molar-refractivity contribution in [3.05, 3.63) is 72.3 Å². The van der Waals surface area contributed by atoms with E-state index in [1.165, 1.54) is 11.0 Å². The summed E-state index contributed by atoms with van der Waals surface area (Å²) in [4.78, 5) is 62.4. The average Bonchev–Trinajstić information content (AvgIpc) is 3.99. The highest BCUT2D eigenvalue weighted by Crippen LogP contribution is 2.46. The van der Waals surface area contributed by atoms with Gasteiger partial charge in [0.05, 0.1) is 11.8 Å². The van der Waals surface area contributed by atoms with Gasteiger partial charge in [-0.1, -0.05) is 80.0 Å². The Bertz CT molecular complexity index is 1870. The molecular formula is C37H43N5O8S. The van der Waals surface area contributed by atoms with Gasteiger partial charge in [-0.15, -0.1) is 6.58 Å². The third kappa shape index (κ3) is 6.32. The van der Waals surface area contributed by atoms with Crippen molar-refractivity contribution in [1.82, 2.24) is 20.0 Å². The van der Waals surface area contributed by atoms with E-state index >= 15 is 0 Å². The SMILES string of the molecule is C=C[C@@H]1C[C@@]1(NC(=O)[C@@H]1C[C@@H](ON=C2c3ccccc3-c3ccccc32)CN1C(=O)[C@@H](C(C)C)N(O)C(=O)C1CCC1)C(=O)NS(=O)(=O)C1CC1. The smallest absolute Gasteiger partial charge is 0.259 e. The van der Waals surface area contributed by atoms with Gasteiger partial charge in [0.1, 0.15) is 29.4 Å². The lowest BCUT2D eigenvalue weighted by Gasteiger charge is -2.36. The summed E-state index contributed by atoms with van der Waals surface area (Å²) in [5, 5.41) is 18.3. The number of sulfonamides is 1. The largest absolute Gasteiger partial charge is 0.390 e. The number of benzene rings is 2. The summed E-state index contributed by atoms with van der Waals surface area (Å²) in [5.74, 6) is -4.15. The van der Waals surface area contributed by atoms with Crippen LogP contribution < -0.4 is 10.0 Å². The first-order chi connectivity index (χ1) is 24.4. The molecule has 270 valence electrons. The molecule has 1 heterocycles. The number of hydroxylamine groups is 2. The molecule has 5 atom stereocenters. The Hall–Kier alpha value is -4.56. The van der Waals surface area contributed by atoms with Crippen LogP contribution in [0.5, 0.6) is 0 Å².